The van der Waals surface area contributed by atoms with Gasteiger partial charge in [0.1, 0.15) is 5.82 Å². The molecule has 0 radical (unpaired) electrons. The van der Waals surface area contributed by atoms with Crippen LogP contribution in [-0.4, -0.2) is 0 Å². The average molecular weight is 336 g/mol. The molecule has 1 nitrogen and oxygen atoms in total. The molecule has 0 bridgehead atoms. The molecule has 0 spiro atoms. The van der Waals surface area contributed by atoms with Gasteiger partial charge in [0.05, 0.1) is 4.47 Å². The fourth-order valence-corrected chi connectivity index (χ4v) is 2.68. The highest BCUT2D eigenvalue weighted by atomic mass is 79.9. The minimum Gasteiger partial charge on any atom is -0.306 e. The van der Waals surface area contributed by atoms with Crippen molar-refractivity contribution in [2.75, 3.05) is 0 Å². The van der Waals surface area contributed by atoms with Crippen LogP contribution < -0.4 is 5.32 Å². The lowest BCUT2D eigenvalue weighted by Gasteiger charge is -2.19. The number of hydrogen-bond acceptors (Lipinski definition) is 1. The van der Waals surface area contributed by atoms with E-state index in [2.05, 4.69) is 52.4 Å². The summed E-state index contributed by atoms with van der Waals surface area (Å²) in [6, 6.07) is 15.9. The van der Waals surface area contributed by atoms with E-state index in [1.807, 2.05) is 18.2 Å². The Morgan fingerprint density at radius 3 is 2.55 bits per heavy atom. The summed E-state index contributed by atoms with van der Waals surface area (Å²) in [5.41, 5.74) is 2.38. The Hall–Kier alpha value is -1.19. The molecular weight excluding hydrogens is 317 g/mol. The van der Waals surface area contributed by atoms with Crippen molar-refractivity contribution in [2.45, 2.75) is 32.4 Å². The molecule has 2 aromatic carbocycles. The minimum atomic E-state index is -0.220. The Labute approximate surface area is 128 Å². The molecule has 1 atom stereocenters. The molecule has 1 unspecified atom stereocenters. The number of halogens is 2. The maximum absolute atomic E-state index is 13.2. The van der Waals surface area contributed by atoms with Gasteiger partial charge in [0.15, 0.2) is 0 Å². The van der Waals surface area contributed by atoms with Gasteiger partial charge in [0, 0.05) is 12.6 Å². The third-order valence-electron chi connectivity index (χ3n) is 3.32. The van der Waals surface area contributed by atoms with Gasteiger partial charge in [-0.3, -0.25) is 0 Å². The fourth-order valence-electron chi connectivity index (χ4n) is 2.25. The van der Waals surface area contributed by atoms with Crippen molar-refractivity contribution in [1.29, 1.82) is 0 Å². The van der Waals surface area contributed by atoms with Gasteiger partial charge in [-0.05, 0) is 45.6 Å². The summed E-state index contributed by atoms with van der Waals surface area (Å²) in [6.07, 6.45) is 2.21. The molecular formula is C17H19BrFN. The van der Waals surface area contributed by atoms with Gasteiger partial charge in [-0.2, -0.15) is 0 Å². The summed E-state index contributed by atoms with van der Waals surface area (Å²) in [5.74, 6) is -0.220. The first kappa shape index (κ1) is 15.2. The molecule has 0 fully saturated rings. The average Bonchev–Trinajstić information content (AvgIpc) is 2.48. The second-order valence-corrected chi connectivity index (χ2v) is 5.74. The lowest BCUT2D eigenvalue weighted by Crippen LogP contribution is -2.20. The maximum Gasteiger partial charge on any atom is 0.137 e. The zero-order valence-electron chi connectivity index (χ0n) is 11.6. The third kappa shape index (κ3) is 4.15. The molecule has 0 saturated heterocycles. The predicted molar refractivity (Wildman–Crippen MR) is 85.0 cm³/mol. The van der Waals surface area contributed by atoms with E-state index in [1.165, 1.54) is 11.6 Å². The molecule has 1 N–H and O–H groups in total. The van der Waals surface area contributed by atoms with E-state index in [0.29, 0.717) is 10.5 Å². The summed E-state index contributed by atoms with van der Waals surface area (Å²) in [6.45, 7) is 2.92. The van der Waals surface area contributed by atoms with Gasteiger partial charge in [-0.15, -0.1) is 0 Å². The van der Waals surface area contributed by atoms with Crippen molar-refractivity contribution in [3.8, 4) is 0 Å². The largest absolute Gasteiger partial charge is 0.306 e. The second-order valence-electron chi connectivity index (χ2n) is 4.88. The second kappa shape index (κ2) is 7.55. The van der Waals surface area contributed by atoms with Gasteiger partial charge >= 0.3 is 0 Å². The van der Waals surface area contributed by atoms with Crippen LogP contribution in [0.15, 0.2) is 53.0 Å². The fraction of sp³-hybridized carbons (Fsp3) is 0.294. The summed E-state index contributed by atoms with van der Waals surface area (Å²) in [7, 11) is 0. The Morgan fingerprint density at radius 2 is 1.90 bits per heavy atom. The smallest absolute Gasteiger partial charge is 0.137 e. The van der Waals surface area contributed by atoms with Crippen molar-refractivity contribution in [3.63, 3.8) is 0 Å². The van der Waals surface area contributed by atoms with Crippen LogP contribution in [0, 0.1) is 5.82 Å². The lowest BCUT2D eigenvalue weighted by molar-refractivity contribution is 0.493. The molecule has 3 heteroatoms. The molecule has 0 amide bonds. The van der Waals surface area contributed by atoms with E-state index < -0.39 is 0 Å². The number of benzene rings is 2. The van der Waals surface area contributed by atoms with Gasteiger partial charge in [-0.1, -0.05) is 49.7 Å². The molecule has 0 aliphatic heterocycles. The van der Waals surface area contributed by atoms with E-state index >= 15 is 0 Å². The van der Waals surface area contributed by atoms with Crippen LogP contribution >= 0.6 is 15.9 Å². The Kier molecular flexibility index (Phi) is 5.74. The van der Waals surface area contributed by atoms with Crippen molar-refractivity contribution < 1.29 is 4.39 Å². The molecule has 2 aromatic rings. The van der Waals surface area contributed by atoms with Gasteiger partial charge in [0.25, 0.3) is 0 Å². The highest BCUT2D eigenvalue weighted by Crippen LogP contribution is 2.20. The number of rotatable bonds is 6. The van der Waals surface area contributed by atoms with Crippen LogP contribution in [0.1, 0.15) is 36.9 Å². The standard InChI is InChI=1S/C17H19BrFN/c1-2-6-17(14-7-4-3-5-8-14)20-12-13-9-10-16(19)15(18)11-13/h3-5,7-11,17,20H,2,6,12H2,1H3. The van der Waals surface area contributed by atoms with Crippen LogP contribution in [0.25, 0.3) is 0 Å². The first-order chi connectivity index (χ1) is 9.70. The van der Waals surface area contributed by atoms with Gasteiger partial charge < -0.3 is 5.32 Å². The van der Waals surface area contributed by atoms with Crippen LogP contribution in [-0.2, 0) is 6.54 Å². The van der Waals surface area contributed by atoms with Crippen LogP contribution in [0.3, 0.4) is 0 Å². The molecule has 106 valence electrons. The number of nitrogens with one attached hydrogen (secondary N) is 1. The van der Waals surface area contributed by atoms with Crippen LogP contribution in [0.4, 0.5) is 4.39 Å². The summed E-state index contributed by atoms with van der Waals surface area (Å²) in [4.78, 5) is 0. The van der Waals surface area contributed by atoms with E-state index in [9.17, 15) is 4.39 Å². The quantitative estimate of drug-likeness (QED) is 0.763. The first-order valence-corrected chi connectivity index (χ1v) is 7.72. The molecule has 0 aliphatic carbocycles. The summed E-state index contributed by atoms with van der Waals surface area (Å²) < 4.78 is 13.7. The third-order valence-corrected chi connectivity index (χ3v) is 3.92. The summed E-state index contributed by atoms with van der Waals surface area (Å²) in [5, 5.41) is 3.56. The Balaban J connectivity index is 2.03. The highest BCUT2D eigenvalue weighted by Gasteiger charge is 2.10. The normalized spacial score (nSPS) is 12.3. The van der Waals surface area contributed by atoms with Crippen molar-refractivity contribution >= 4 is 15.9 Å². The molecule has 20 heavy (non-hydrogen) atoms. The summed E-state index contributed by atoms with van der Waals surface area (Å²) >= 11 is 3.23. The monoisotopic (exact) mass is 335 g/mol. The van der Waals surface area contributed by atoms with E-state index in [4.69, 9.17) is 0 Å². The molecule has 0 heterocycles. The van der Waals surface area contributed by atoms with Crippen molar-refractivity contribution in [3.05, 3.63) is 69.9 Å². The predicted octanol–water partition coefficient (Wildman–Crippen LogP) is 5.22. The number of hydrogen-bond donors (Lipinski definition) is 1. The zero-order chi connectivity index (χ0) is 14.4. The topological polar surface area (TPSA) is 12.0 Å². The van der Waals surface area contributed by atoms with E-state index in [1.54, 1.807) is 0 Å². The Bertz CT molecular complexity index is 542. The lowest BCUT2D eigenvalue weighted by atomic mass is 10.0. The van der Waals surface area contributed by atoms with E-state index in [-0.39, 0.29) is 5.82 Å². The van der Waals surface area contributed by atoms with E-state index in [0.717, 1.165) is 24.9 Å². The molecule has 0 saturated carbocycles. The SMILES string of the molecule is CCCC(NCc1ccc(F)c(Br)c1)c1ccccc1. The van der Waals surface area contributed by atoms with Gasteiger partial charge in [-0.25, -0.2) is 4.39 Å². The minimum absolute atomic E-state index is 0.220. The molecule has 0 aromatic heterocycles. The van der Waals surface area contributed by atoms with Crippen LogP contribution in [0.2, 0.25) is 0 Å². The molecule has 0 aliphatic rings. The maximum atomic E-state index is 13.2. The van der Waals surface area contributed by atoms with Crippen molar-refractivity contribution in [1.82, 2.24) is 5.32 Å². The van der Waals surface area contributed by atoms with Crippen LogP contribution in [0.5, 0.6) is 0 Å². The first-order valence-electron chi connectivity index (χ1n) is 6.93. The zero-order valence-corrected chi connectivity index (χ0v) is 13.2. The Morgan fingerprint density at radius 1 is 1.15 bits per heavy atom. The highest BCUT2D eigenvalue weighted by molar-refractivity contribution is 9.10. The van der Waals surface area contributed by atoms with Crippen molar-refractivity contribution in [2.24, 2.45) is 0 Å². The van der Waals surface area contributed by atoms with Gasteiger partial charge in [0.2, 0.25) is 0 Å². The molecule has 2 rings (SSSR count).